The lowest BCUT2D eigenvalue weighted by molar-refractivity contribution is 0.0993. The van der Waals surface area contributed by atoms with Crippen LogP contribution in [-0.2, 0) is 6.42 Å². The van der Waals surface area contributed by atoms with Crippen LogP contribution < -0.4 is 0 Å². The third-order valence-electron chi connectivity index (χ3n) is 3.36. The van der Waals surface area contributed by atoms with E-state index < -0.39 is 0 Å². The molecule has 0 unspecified atom stereocenters. The Labute approximate surface area is 135 Å². The van der Waals surface area contributed by atoms with Gasteiger partial charge in [-0.25, -0.2) is 0 Å². The van der Waals surface area contributed by atoms with E-state index in [4.69, 9.17) is 0 Å². The molecule has 0 aromatic heterocycles. The highest BCUT2D eigenvalue weighted by atomic mass is 32.2. The lowest BCUT2D eigenvalue weighted by atomic mass is 10.0. The molecule has 0 aliphatic rings. The molecule has 0 heterocycles. The second kappa shape index (κ2) is 7.10. The van der Waals surface area contributed by atoms with E-state index in [0.29, 0.717) is 6.42 Å². The Bertz CT molecular complexity index is 734. The minimum Gasteiger partial charge on any atom is -0.294 e. The van der Waals surface area contributed by atoms with Crippen LogP contribution in [0, 0.1) is 0 Å². The summed E-state index contributed by atoms with van der Waals surface area (Å²) in [4.78, 5) is 14.6. The van der Waals surface area contributed by atoms with Crippen LogP contribution in [0.2, 0.25) is 0 Å². The first-order valence-electron chi connectivity index (χ1n) is 7.21. The minimum atomic E-state index is 0.155. The fraction of sp³-hybridized carbons (Fsp3) is 0.0500. The highest BCUT2D eigenvalue weighted by Gasteiger charge is 2.07. The maximum Gasteiger partial charge on any atom is 0.167 e. The summed E-state index contributed by atoms with van der Waals surface area (Å²) < 4.78 is 0. The van der Waals surface area contributed by atoms with E-state index in [-0.39, 0.29) is 5.78 Å². The van der Waals surface area contributed by atoms with Crippen LogP contribution >= 0.6 is 11.8 Å². The number of hydrogen-bond acceptors (Lipinski definition) is 2. The summed E-state index contributed by atoms with van der Waals surface area (Å²) in [6.45, 7) is 0. The normalized spacial score (nSPS) is 10.4. The van der Waals surface area contributed by atoms with Gasteiger partial charge in [0.25, 0.3) is 0 Å². The van der Waals surface area contributed by atoms with Crippen LogP contribution in [0.5, 0.6) is 0 Å². The van der Waals surface area contributed by atoms with Crippen LogP contribution in [-0.4, -0.2) is 5.78 Å². The van der Waals surface area contributed by atoms with Gasteiger partial charge in [-0.15, -0.1) is 0 Å². The van der Waals surface area contributed by atoms with Crippen molar-refractivity contribution in [2.24, 2.45) is 0 Å². The largest absolute Gasteiger partial charge is 0.294 e. The quantitative estimate of drug-likeness (QED) is 0.598. The first-order chi connectivity index (χ1) is 10.8. The number of Topliss-reactive ketones (excluding diaryl/α,β-unsaturated/α-hetero) is 1. The highest BCUT2D eigenvalue weighted by Crippen LogP contribution is 2.27. The third kappa shape index (κ3) is 3.86. The third-order valence-corrected chi connectivity index (χ3v) is 4.38. The summed E-state index contributed by atoms with van der Waals surface area (Å²) in [5.41, 5.74) is 1.82. The van der Waals surface area contributed by atoms with E-state index in [1.54, 1.807) is 11.8 Å². The first kappa shape index (κ1) is 14.6. The van der Waals surface area contributed by atoms with E-state index >= 15 is 0 Å². The first-order valence-corrected chi connectivity index (χ1v) is 8.03. The van der Waals surface area contributed by atoms with Crippen LogP contribution in [0.3, 0.4) is 0 Å². The molecule has 0 fully saturated rings. The van der Waals surface area contributed by atoms with Crippen LogP contribution in [0.1, 0.15) is 15.9 Å². The van der Waals surface area contributed by atoms with Crippen molar-refractivity contribution in [2.75, 3.05) is 0 Å². The Kier molecular flexibility index (Phi) is 4.71. The van der Waals surface area contributed by atoms with Crippen LogP contribution in [0.25, 0.3) is 0 Å². The molecule has 0 saturated carbocycles. The molecule has 0 bridgehead atoms. The van der Waals surface area contributed by atoms with Crippen molar-refractivity contribution in [3.63, 3.8) is 0 Å². The highest BCUT2D eigenvalue weighted by molar-refractivity contribution is 7.99. The van der Waals surface area contributed by atoms with Crippen molar-refractivity contribution < 1.29 is 4.79 Å². The molecule has 0 amide bonds. The SMILES string of the molecule is O=C(Cc1ccccc1)c1ccc(Sc2ccccc2)cc1. The molecule has 0 spiro atoms. The van der Waals surface area contributed by atoms with Gasteiger partial charge in [0.2, 0.25) is 0 Å². The van der Waals surface area contributed by atoms with Crippen LogP contribution in [0.4, 0.5) is 0 Å². The molecule has 2 heteroatoms. The van der Waals surface area contributed by atoms with Crippen LogP contribution in [0.15, 0.2) is 94.7 Å². The monoisotopic (exact) mass is 304 g/mol. The lowest BCUT2D eigenvalue weighted by Gasteiger charge is -2.04. The minimum absolute atomic E-state index is 0.155. The molecule has 3 aromatic rings. The number of carbonyl (C=O) groups excluding carboxylic acids is 1. The van der Waals surface area contributed by atoms with Gasteiger partial charge in [-0.2, -0.15) is 0 Å². The van der Waals surface area contributed by atoms with E-state index in [0.717, 1.165) is 16.0 Å². The second-order valence-corrected chi connectivity index (χ2v) is 6.17. The fourth-order valence-corrected chi connectivity index (χ4v) is 3.05. The number of carbonyl (C=O) groups is 1. The van der Waals surface area contributed by atoms with Gasteiger partial charge in [-0.1, -0.05) is 72.4 Å². The van der Waals surface area contributed by atoms with Gasteiger partial charge in [0.1, 0.15) is 0 Å². The van der Waals surface area contributed by atoms with E-state index in [1.807, 2.05) is 72.8 Å². The summed E-state index contributed by atoms with van der Waals surface area (Å²) in [6.07, 6.45) is 0.450. The van der Waals surface area contributed by atoms with Crippen molar-refractivity contribution in [2.45, 2.75) is 16.2 Å². The van der Waals surface area contributed by atoms with Crippen molar-refractivity contribution in [3.05, 3.63) is 96.1 Å². The molecule has 0 N–H and O–H groups in total. The number of ketones is 1. The average Bonchev–Trinajstić information content (AvgIpc) is 2.57. The number of rotatable bonds is 5. The number of benzene rings is 3. The van der Waals surface area contributed by atoms with E-state index in [1.165, 1.54) is 4.90 Å². The Morgan fingerprint density at radius 1 is 0.682 bits per heavy atom. The number of hydrogen-bond donors (Lipinski definition) is 0. The zero-order chi connectivity index (χ0) is 15.2. The molecule has 108 valence electrons. The standard InChI is InChI=1S/C20H16OS/c21-20(15-16-7-3-1-4-8-16)17-11-13-19(14-12-17)22-18-9-5-2-6-10-18/h1-14H,15H2. The van der Waals surface area contributed by atoms with Gasteiger partial charge < -0.3 is 0 Å². The molecule has 3 aromatic carbocycles. The van der Waals surface area contributed by atoms with Gasteiger partial charge in [-0.05, 0) is 29.8 Å². The van der Waals surface area contributed by atoms with Crippen molar-refractivity contribution in [1.29, 1.82) is 0 Å². The molecular formula is C20H16OS. The average molecular weight is 304 g/mol. The topological polar surface area (TPSA) is 17.1 Å². The summed E-state index contributed by atoms with van der Waals surface area (Å²) in [7, 11) is 0. The Balaban J connectivity index is 1.67. The molecule has 1 nitrogen and oxygen atoms in total. The fourth-order valence-electron chi connectivity index (χ4n) is 2.22. The van der Waals surface area contributed by atoms with Gasteiger partial charge in [-0.3, -0.25) is 4.79 Å². The maximum absolute atomic E-state index is 12.3. The molecule has 3 rings (SSSR count). The van der Waals surface area contributed by atoms with E-state index in [9.17, 15) is 4.79 Å². The second-order valence-electron chi connectivity index (χ2n) is 5.03. The predicted octanol–water partition coefficient (Wildman–Crippen LogP) is 5.26. The van der Waals surface area contributed by atoms with Gasteiger partial charge >= 0.3 is 0 Å². The van der Waals surface area contributed by atoms with Gasteiger partial charge in [0, 0.05) is 21.8 Å². The molecule has 22 heavy (non-hydrogen) atoms. The van der Waals surface area contributed by atoms with Gasteiger partial charge in [0.05, 0.1) is 0 Å². The molecule has 0 aliphatic carbocycles. The Morgan fingerprint density at radius 2 is 1.23 bits per heavy atom. The molecular weight excluding hydrogens is 288 g/mol. The summed E-state index contributed by atoms with van der Waals surface area (Å²) in [5.74, 6) is 0.155. The smallest absolute Gasteiger partial charge is 0.167 e. The van der Waals surface area contributed by atoms with Crippen molar-refractivity contribution >= 4 is 17.5 Å². The zero-order valence-electron chi connectivity index (χ0n) is 12.1. The summed E-state index contributed by atoms with van der Waals surface area (Å²) in [5, 5.41) is 0. The summed E-state index contributed by atoms with van der Waals surface area (Å²) >= 11 is 1.70. The van der Waals surface area contributed by atoms with E-state index in [2.05, 4.69) is 12.1 Å². The maximum atomic E-state index is 12.3. The Morgan fingerprint density at radius 3 is 1.86 bits per heavy atom. The Hall–Kier alpha value is -2.32. The van der Waals surface area contributed by atoms with Crippen molar-refractivity contribution in [3.8, 4) is 0 Å². The molecule has 0 aliphatic heterocycles. The molecule has 0 saturated heterocycles. The predicted molar refractivity (Wildman–Crippen MR) is 91.5 cm³/mol. The molecule has 0 atom stereocenters. The zero-order valence-corrected chi connectivity index (χ0v) is 12.9. The lowest BCUT2D eigenvalue weighted by Crippen LogP contribution is -2.03. The summed E-state index contributed by atoms with van der Waals surface area (Å²) in [6, 6.07) is 27.9. The van der Waals surface area contributed by atoms with Crippen molar-refractivity contribution in [1.82, 2.24) is 0 Å². The van der Waals surface area contributed by atoms with Gasteiger partial charge in [0.15, 0.2) is 5.78 Å². The molecule has 0 radical (unpaired) electrons.